The number of aromatic nitrogens is 1. The minimum atomic E-state index is -4.35. The maximum absolute atomic E-state index is 12.9. The molecule has 0 saturated carbocycles. The molecule has 2 aromatic rings. The molecule has 5 nitrogen and oxygen atoms in total. The van der Waals surface area contributed by atoms with Crippen LogP contribution in [-0.2, 0) is 11.0 Å². The van der Waals surface area contributed by atoms with Gasteiger partial charge in [-0.1, -0.05) is 18.2 Å². The Morgan fingerprint density at radius 3 is 2.31 bits per heavy atom. The van der Waals surface area contributed by atoms with Crippen LogP contribution < -0.4 is 19.7 Å². The number of nitrogens with zero attached hydrogens (tertiary/aromatic N) is 2. The monoisotopic (exact) mass is 408 g/mol. The van der Waals surface area contributed by atoms with E-state index >= 15 is 0 Å². The molecule has 0 unspecified atom stereocenters. The van der Waals surface area contributed by atoms with Gasteiger partial charge in [0, 0.05) is 17.8 Å². The normalized spacial score (nSPS) is 15.6. The minimum Gasteiger partial charge on any atom is -0.321 e. The summed E-state index contributed by atoms with van der Waals surface area (Å²) in [5.74, 6) is 0.743. The Balaban J connectivity index is 1.57. The van der Waals surface area contributed by atoms with Crippen molar-refractivity contribution in [3.05, 3.63) is 54.2 Å². The summed E-state index contributed by atoms with van der Waals surface area (Å²) in [5.41, 5.74) is 0.204. The fourth-order valence-corrected chi connectivity index (χ4v) is 3.65. The highest BCUT2D eigenvalue weighted by Gasteiger charge is 2.33. The Labute approximate surface area is 168 Å². The summed E-state index contributed by atoms with van der Waals surface area (Å²) < 4.78 is 38.1. The minimum absolute atomic E-state index is 0.0623. The Kier molecular flexibility index (Phi) is 6.42. The lowest BCUT2D eigenvalue weighted by atomic mass is 10.2. The lowest BCUT2D eigenvalue weighted by Gasteiger charge is -2.31. The van der Waals surface area contributed by atoms with Crippen molar-refractivity contribution < 1.29 is 27.8 Å². The Bertz CT molecular complexity index is 801. The van der Waals surface area contributed by atoms with Crippen molar-refractivity contribution in [3.63, 3.8) is 0 Å². The number of pyridine rings is 1. The molecule has 0 aliphatic carbocycles. The van der Waals surface area contributed by atoms with Crippen LogP contribution in [0.5, 0.6) is 0 Å². The second-order valence-corrected chi connectivity index (χ2v) is 7.57. The van der Waals surface area contributed by atoms with Gasteiger partial charge in [-0.3, -0.25) is 9.69 Å². The van der Waals surface area contributed by atoms with E-state index in [0.717, 1.165) is 31.0 Å². The summed E-state index contributed by atoms with van der Waals surface area (Å²) in [7, 11) is 0. The van der Waals surface area contributed by atoms with Gasteiger partial charge in [0.2, 0.25) is 0 Å². The number of carbonyl (C=O) groups excluding carboxylic acids is 1. The van der Waals surface area contributed by atoms with Gasteiger partial charge < -0.3 is 9.80 Å². The van der Waals surface area contributed by atoms with E-state index in [0.29, 0.717) is 25.5 Å². The van der Waals surface area contributed by atoms with Crippen molar-refractivity contribution in [2.45, 2.75) is 26.1 Å². The number of piperazine rings is 1. The molecule has 1 aromatic heterocycles. The smallest absolute Gasteiger partial charge is 0.321 e. The number of anilines is 2. The number of alkyl halides is 3. The van der Waals surface area contributed by atoms with Crippen molar-refractivity contribution in [1.29, 1.82) is 0 Å². The van der Waals surface area contributed by atoms with Crippen LogP contribution in [0.4, 0.5) is 24.7 Å². The van der Waals surface area contributed by atoms with E-state index < -0.39 is 11.7 Å². The van der Waals surface area contributed by atoms with Gasteiger partial charge in [0.1, 0.15) is 32.4 Å². The van der Waals surface area contributed by atoms with Crippen molar-refractivity contribution in [2.24, 2.45) is 0 Å². The summed E-state index contributed by atoms with van der Waals surface area (Å²) >= 11 is 0. The molecule has 2 heterocycles. The summed E-state index contributed by atoms with van der Waals surface area (Å²) in [4.78, 5) is 20.7. The molecule has 29 heavy (non-hydrogen) atoms. The van der Waals surface area contributed by atoms with Crippen LogP contribution >= 0.6 is 0 Å². The third-order valence-electron chi connectivity index (χ3n) is 5.16. The van der Waals surface area contributed by atoms with E-state index in [-0.39, 0.29) is 11.9 Å². The summed E-state index contributed by atoms with van der Waals surface area (Å²) in [6.07, 6.45) is -3.35. The summed E-state index contributed by atoms with van der Waals surface area (Å²) in [6.45, 7) is 7.26. The summed E-state index contributed by atoms with van der Waals surface area (Å²) in [6, 6.07) is 12.3. The Morgan fingerprint density at radius 1 is 1.14 bits per heavy atom. The topological polar surface area (TPSA) is 42.1 Å². The van der Waals surface area contributed by atoms with Gasteiger partial charge in [0.25, 0.3) is 11.7 Å². The highest BCUT2D eigenvalue weighted by molar-refractivity contribution is 5.94. The average Bonchev–Trinajstić information content (AvgIpc) is 2.69. The number of rotatable bonds is 5. The zero-order valence-corrected chi connectivity index (χ0v) is 16.7. The molecule has 156 valence electrons. The third kappa shape index (κ3) is 5.26. The zero-order chi connectivity index (χ0) is 21.0. The second kappa shape index (κ2) is 8.82. The van der Waals surface area contributed by atoms with Crippen LogP contribution in [0, 0.1) is 0 Å². The van der Waals surface area contributed by atoms with Crippen LogP contribution in [-0.4, -0.2) is 44.7 Å². The van der Waals surface area contributed by atoms with Gasteiger partial charge in [0.15, 0.2) is 6.54 Å². The molecule has 1 amide bonds. The number of nitrogens with one attached hydrogen (secondary N) is 2. The van der Waals surface area contributed by atoms with Crippen LogP contribution in [0.3, 0.4) is 0 Å². The predicted molar refractivity (Wildman–Crippen MR) is 105 cm³/mol. The largest absolute Gasteiger partial charge is 0.419 e. The predicted octanol–water partition coefficient (Wildman–Crippen LogP) is 1.67. The van der Waals surface area contributed by atoms with Gasteiger partial charge in [-0.05, 0) is 32.0 Å². The number of aromatic amines is 1. The molecule has 1 aliphatic rings. The number of H-pyrrole nitrogens is 1. The number of hydrogen-bond donors (Lipinski definition) is 1. The van der Waals surface area contributed by atoms with E-state index in [4.69, 9.17) is 0 Å². The SMILES string of the molecule is CC(C)N(C(=O)C[NH+]1CCN(c2ccc(C(F)(F)F)c[nH+]2)CC1)c1ccccc1. The number of quaternary nitrogens is 1. The van der Waals surface area contributed by atoms with Gasteiger partial charge >= 0.3 is 6.18 Å². The van der Waals surface area contributed by atoms with Gasteiger partial charge in [0.05, 0.1) is 5.56 Å². The van der Waals surface area contributed by atoms with Crippen LogP contribution in [0.15, 0.2) is 48.7 Å². The number of hydrogen-bond acceptors (Lipinski definition) is 2. The zero-order valence-electron chi connectivity index (χ0n) is 16.7. The average molecular weight is 408 g/mol. The first-order valence-corrected chi connectivity index (χ1v) is 9.80. The van der Waals surface area contributed by atoms with Crippen LogP contribution in [0.25, 0.3) is 0 Å². The molecule has 1 aliphatic heterocycles. The molecular weight excluding hydrogens is 381 g/mol. The molecule has 0 bridgehead atoms. The Morgan fingerprint density at radius 2 is 1.79 bits per heavy atom. The first-order chi connectivity index (χ1) is 13.8. The van der Waals surface area contributed by atoms with Crippen molar-refractivity contribution in [1.82, 2.24) is 0 Å². The molecule has 2 N–H and O–H groups in total. The number of amides is 1. The number of benzene rings is 1. The van der Waals surface area contributed by atoms with Crippen LogP contribution in [0.1, 0.15) is 19.4 Å². The van der Waals surface area contributed by atoms with Crippen molar-refractivity contribution >= 4 is 17.4 Å². The molecule has 3 rings (SSSR count). The molecule has 1 aromatic carbocycles. The highest BCUT2D eigenvalue weighted by atomic mass is 19.4. The van der Waals surface area contributed by atoms with Gasteiger partial charge in [-0.2, -0.15) is 13.2 Å². The van der Waals surface area contributed by atoms with E-state index in [1.54, 1.807) is 0 Å². The molecule has 0 spiro atoms. The maximum atomic E-state index is 12.9. The van der Waals surface area contributed by atoms with Gasteiger partial charge in [-0.25, -0.2) is 4.98 Å². The highest BCUT2D eigenvalue weighted by Crippen LogP contribution is 2.28. The molecule has 1 saturated heterocycles. The van der Waals surface area contributed by atoms with Crippen LogP contribution in [0.2, 0.25) is 0 Å². The van der Waals surface area contributed by atoms with E-state index in [1.807, 2.05) is 54.0 Å². The quantitative estimate of drug-likeness (QED) is 0.818. The molecule has 8 heteroatoms. The van der Waals surface area contributed by atoms with E-state index in [1.165, 1.54) is 11.0 Å². The lowest BCUT2D eigenvalue weighted by Crippen LogP contribution is -3.16. The summed E-state index contributed by atoms with van der Waals surface area (Å²) in [5, 5.41) is 0. The lowest BCUT2D eigenvalue weighted by molar-refractivity contribution is -0.892. The maximum Gasteiger partial charge on any atom is 0.419 e. The van der Waals surface area contributed by atoms with E-state index in [9.17, 15) is 18.0 Å². The number of carbonyl (C=O) groups is 1. The van der Waals surface area contributed by atoms with Gasteiger partial charge in [-0.15, -0.1) is 0 Å². The van der Waals surface area contributed by atoms with Crippen molar-refractivity contribution in [3.8, 4) is 0 Å². The third-order valence-corrected chi connectivity index (χ3v) is 5.16. The fourth-order valence-electron chi connectivity index (χ4n) is 3.65. The Hall–Kier alpha value is -2.61. The first-order valence-electron chi connectivity index (χ1n) is 9.80. The molecule has 0 atom stereocenters. The number of halogens is 3. The second-order valence-electron chi connectivity index (χ2n) is 7.57. The fraction of sp³-hybridized carbons (Fsp3) is 0.429. The molecule has 0 radical (unpaired) electrons. The first kappa shape index (κ1) is 21.1. The molecular formula is C21H27F3N4O+2. The van der Waals surface area contributed by atoms with Crippen molar-refractivity contribution in [2.75, 3.05) is 42.5 Å². The number of para-hydroxylation sites is 1. The standard InChI is InChI=1S/C21H25F3N4O/c1-16(2)28(18-6-4-3-5-7-18)20(29)15-26-10-12-27(13-11-26)19-9-8-17(14-25-19)21(22,23)24/h3-9,14,16H,10-13,15H2,1-2H3/p+2. The molecule has 1 fully saturated rings. The van der Waals surface area contributed by atoms with E-state index in [2.05, 4.69) is 4.98 Å².